The van der Waals surface area contributed by atoms with E-state index in [4.69, 9.17) is 0 Å². The van der Waals surface area contributed by atoms with Crippen LogP contribution >= 0.6 is 0 Å². The van der Waals surface area contributed by atoms with Crippen LogP contribution in [0.4, 0.5) is 0 Å². The molecule has 18 heavy (non-hydrogen) atoms. The van der Waals surface area contributed by atoms with Crippen molar-refractivity contribution < 1.29 is 4.79 Å². The van der Waals surface area contributed by atoms with E-state index in [0.29, 0.717) is 17.7 Å². The summed E-state index contributed by atoms with van der Waals surface area (Å²) in [6.45, 7) is 2.87. The second-order valence-corrected chi connectivity index (χ2v) is 5.43. The number of piperidine rings is 2. The van der Waals surface area contributed by atoms with Gasteiger partial charge in [-0.1, -0.05) is 0 Å². The van der Waals surface area contributed by atoms with Crippen molar-refractivity contribution >= 4 is 5.91 Å². The molecule has 2 aliphatic heterocycles. The molecular weight excluding hydrogens is 228 g/mol. The van der Waals surface area contributed by atoms with Gasteiger partial charge in [-0.2, -0.15) is 0 Å². The molecule has 1 N–H and O–H groups in total. The summed E-state index contributed by atoms with van der Waals surface area (Å²) in [7, 11) is 1.89. The number of carbonyl (C=O) groups is 1. The number of hydrogen-bond acceptors (Lipinski definition) is 3. The van der Waals surface area contributed by atoms with Gasteiger partial charge in [-0.05, 0) is 31.7 Å². The molecule has 0 aliphatic carbocycles. The summed E-state index contributed by atoms with van der Waals surface area (Å²) in [6.07, 6.45) is 7.02. The quantitative estimate of drug-likeness (QED) is 0.793. The fourth-order valence-corrected chi connectivity index (χ4v) is 3.11. The van der Waals surface area contributed by atoms with E-state index in [1.807, 2.05) is 16.5 Å². The average molecular weight is 248 g/mol. The fourth-order valence-electron chi connectivity index (χ4n) is 3.11. The van der Waals surface area contributed by atoms with Crippen LogP contribution in [-0.4, -0.2) is 46.0 Å². The van der Waals surface area contributed by atoms with Crippen molar-refractivity contribution in [2.45, 2.75) is 25.3 Å². The number of amides is 1. The van der Waals surface area contributed by atoms with Crippen molar-refractivity contribution in [1.82, 2.24) is 19.8 Å². The number of rotatable bonds is 1. The Morgan fingerprint density at radius 2 is 2.39 bits per heavy atom. The van der Waals surface area contributed by atoms with Gasteiger partial charge in [0, 0.05) is 32.4 Å². The van der Waals surface area contributed by atoms with E-state index in [1.54, 1.807) is 12.5 Å². The Morgan fingerprint density at radius 1 is 1.50 bits per heavy atom. The number of aryl methyl sites for hydroxylation is 1. The summed E-state index contributed by atoms with van der Waals surface area (Å²) < 4.78 is 1.82. The molecule has 0 saturated carbocycles. The number of likely N-dealkylation sites (tertiary alicyclic amines) is 1. The highest BCUT2D eigenvalue weighted by atomic mass is 16.2. The average Bonchev–Trinajstić information content (AvgIpc) is 2.84. The third-order valence-corrected chi connectivity index (χ3v) is 4.10. The Kier molecular flexibility index (Phi) is 3.07. The molecule has 2 saturated heterocycles. The number of imidazole rings is 1. The van der Waals surface area contributed by atoms with E-state index >= 15 is 0 Å². The summed E-state index contributed by atoms with van der Waals surface area (Å²) in [5.74, 6) is 0.708. The molecule has 2 aliphatic rings. The van der Waals surface area contributed by atoms with Gasteiger partial charge < -0.3 is 14.8 Å². The van der Waals surface area contributed by atoms with Crippen LogP contribution in [0.1, 0.15) is 29.8 Å². The molecule has 5 nitrogen and oxygen atoms in total. The molecule has 0 radical (unpaired) electrons. The standard InChI is InChI=1S/C13H20N4O/c1-16-8-12(15-9-16)13(18)17-6-4-11-10(7-17)3-2-5-14-11/h8-11,14H,2-7H2,1H3/t10-,11+/m1/s1. The van der Waals surface area contributed by atoms with Crippen molar-refractivity contribution in [3.63, 3.8) is 0 Å². The lowest BCUT2D eigenvalue weighted by Gasteiger charge is -2.41. The maximum Gasteiger partial charge on any atom is 0.274 e. The topological polar surface area (TPSA) is 50.2 Å². The lowest BCUT2D eigenvalue weighted by Crippen LogP contribution is -2.53. The first kappa shape index (κ1) is 11.7. The highest BCUT2D eigenvalue weighted by Gasteiger charge is 2.33. The Balaban J connectivity index is 1.68. The highest BCUT2D eigenvalue weighted by Crippen LogP contribution is 2.25. The lowest BCUT2D eigenvalue weighted by molar-refractivity contribution is 0.0587. The first-order valence-corrected chi connectivity index (χ1v) is 6.74. The molecule has 2 fully saturated rings. The van der Waals surface area contributed by atoms with Crippen LogP contribution in [-0.2, 0) is 7.05 Å². The van der Waals surface area contributed by atoms with Crippen LogP contribution in [0.3, 0.4) is 0 Å². The van der Waals surface area contributed by atoms with E-state index in [-0.39, 0.29) is 5.91 Å². The minimum atomic E-state index is 0.0830. The second kappa shape index (κ2) is 4.72. The molecule has 0 bridgehead atoms. The maximum atomic E-state index is 12.3. The van der Waals surface area contributed by atoms with Gasteiger partial charge in [0.2, 0.25) is 0 Å². The van der Waals surface area contributed by atoms with Crippen molar-refractivity contribution in [3.8, 4) is 0 Å². The number of fused-ring (bicyclic) bond motifs is 1. The van der Waals surface area contributed by atoms with Gasteiger partial charge in [0.25, 0.3) is 5.91 Å². The molecule has 5 heteroatoms. The third-order valence-electron chi connectivity index (χ3n) is 4.10. The zero-order valence-corrected chi connectivity index (χ0v) is 10.8. The summed E-state index contributed by atoms with van der Waals surface area (Å²) >= 11 is 0. The molecular formula is C13H20N4O. The van der Waals surface area contributed by atoms with Gasteiger partial charge in [-0.25, -0.2) is 4.98 Å². The van der Waals surface area contributed by atoms with Gasteiger partial charge >= 0.3 is 0 Å². The molecule has 3 heterocycles. The smallest absolute Gasteiger partial charge is 0.274 e. The molecule has 2 atom stereocenters. The Morgan fingerprint density at radius 3 is 3.17 bits per heavy atom. The second-order valence-electron chi connectivity index (χ2n) is 5.43. The first-order valence-electron chi connectivity index (χ1n) is 6.74. The van der Waals surface area contributed by atoms with Gasteiger partial charge in [-0.15, -0.1) is 0 Å². The van der Waals surface area contributed by atoms with E-state index in [2.05, 4.69) is 10.3 Å². The predicted molar refractivity (Wildman–Crippen MR) is 68.2 cm³/mol. The zero-order chi connectivity index (χ0) is 12.5. The van der Waals surface area contributed by atoms with E-state index in [1.165, 1.54) is 12.8 Å². The van der Waals surface area contributed by atoms with E-state index < -0.39 is 0 Å². The fraction of sp³-hybridized carbons (Fsp3) is 0.692. The minimum Gasteiger partial charge on any atom is -0.340 e. The Labute approximate surface area is 107 Å². The summed E-state index contributed by atoms with van der Waals surface area (Å²) in [5.41, 5.74) is 0.569. The predicted octanol–water partition coefficient (Wildman–Crippen LogP) is 0.634. The monoisotopic (exact) mass is 248 g/mol. The number of nitrogens with zero attached hydrogens (tertiary/aromatic N) is 3. The molecule has 98 valence electrons. The molecule has 1 aromatic heterocycles. The van der Waals surface area contributed by atoms with Crippen molar-refractivity contribution in [1.29, 1.82) is 0 Å². The normalized spacial score (nSPS) is 27.9. The highest BCUT2D eigenvalue weighted by molar-refractivity contribution is 5.92. The number of nitrogens with one attached hydrogen (secondary N) is 1. The molecule has 1 aromatic rings. The molecule has 3 rings (SSSR count). The van der Waals surface area contributed by atoms with Crippen LogP contribution in [0.5, 0.6) is 0 Å². The van der Waals surface area contributed by atoms with Gasteiger partial charge in [0.05, 0.1) is 6.33 Å². The van der Waals surface area contributed by atoms with Crippen LogP contribution in [0.2, 0.25) is 0 Å². The van der Waals surface area contributed by atoms with Crippen molar-refractivity contribution in [3.05, 3.63) is 18.2 Å². The number of aromatic nitrogens is 2. The zero-order valence-electron chi connectivity index (χ0n) is 10.8. The van der Waals surface area contributed by atoms with Crippen molar-refractivity contribution in [2.24, 2.45) is 13.0 Å². The number of carbonyl (C=O) groups excluding carboxylic acids is 1. The van der Waals surface area contributed by atoms with Crippen LogP contribution in [0.15, 0.2) is 12.5 Å². The Bertz CT molecular complexity index is 442. The number of hydrogen-bond donors (Lipinski definition) is 1. The van der Waals surface area contributed by atoms with Crippen LogP contribution in [0.25, 0.3) is 0 Å². The van der Waals surface area contributed by atoms with Gasteiger partial charge in [-0.3, -0.25) is 4.79 Å². The van der Waals surface area contributed by atoms with Gasteiger partial charge in [0.15, 0.2) is 0 Å². The van der Waals surface area contributed by atoms with Crippen LogP contribution in [0, 0.1) is 5.92 Å². The Hall–Kier alpha value is -1.36. The largest absolute Gasteiger partial charge is 0.340 e. The molecule has 1 amide bonds. The summed E-state index contributed by atoms with van der Waals surface area (Å²) in [5, 5.41) is 3.57. The summed E-state index contributed by atoms with van der Waals surface area (Å²) in [4.78, 5) is 18.4. The summed E-state index contributed by atoms with van der Waals surface area (Å²) in [6, 6.07) is 0.617. The van der Waals surface area contributed by atoms with Crippen molar-refractivity contribution in [2.75, 3.05) is 19.6 Å². The molecule has 0 spiro atoms. The van der Waals surface area contributed by atoms with Crippen LogP contribution < -0.4 is 5.32 Å². The maximum absolute atomic E-state index is 12.3. The third kappa shape index (κ3) is 2.14. The van der Waals surface area contributed by atoms with Gasteiger partial charge in [0.1, 0.15) is 5.69 Å². The van der Waals surface area contributed by atoms with E-state index in [9.17, 15) is 4.79 Å². The van der Waals surface area contributed by atoms with E-state index in [0.717, 1.165) is 26.1 Å². The lowest BCUT2D eigenvalue weighted by atomic mass is 9.85. The SMILES string of the molecule is Cn1cnc(C(=O)N2CC[C@@H]3NCCC[C@@H]3C2)c1. The minimum absolute atomic E-state index is 0.0830. The molecule has 0 aromatic carbocycles. The first-order chi connectivity index (χ1) is 8.74. The molecule has 0 unspecified atom stereocenters.